The fourth-order valence-corrected chi connectivity index (χ4v) is 3.37. The van der Waals surface area contributed by atoms with E-state index >= 15 is 0 Å². The molecule has 0 amide bonds. The Kier molecular flexibility index (Phi) is 5.37. The molecule has 0 bridgehead atoms. The Morgan fingerprint density at radius 3 is 2.81 bits per heavy atom. The lowest BCUT2D eigenvalue weighted by molar-refractivity contribution is 0.267. The Bertz CT molecular complexity index is 568. The number of aliphatic hydroxyl groups is 1. The quantitative estimate of drug-likeness (QED) is 0.790. The molecule has 0 spiro atoms. The normalized spacial score (nSPS) is 17.0. The van der Waals surface area contributed by atoms with Crippen molar-refractivity contribution in [3.05, 3.63) is 17.5 Å². The first-order valence-electron chi connectivity index (χ1n) is 7.21. The van der Waals surface area contributed by atoms with Crippen LogP contribution < -0.4 is 0 Å². The number of aryl methyl sites for hydroxylation is 1. The van der Waals surface area contributed by atoms with E-state index in [1.165, 1.54) is 4.31 Å². The van der Waals surface area contributed by atoms with Crippen LogP contribution in [0.2, 0.25) is 0 Å². The van der Waals surface area contributed by atoms with Gasteiger partial charge in [0.1, 0.15) is 0 Å². The summed E-state index contributed by atoms with van der Waals surface area (Å²) < 4.78 is 26.7. The maximum atomic E-state index is 11.7. The van der Waals surface area contributed by atoms with Gasteiger partial charge in [-0.1, -0.05) is 0 Å². The van der Waals surface area contributed by atoms with Crippen molar-refractivity contribution in [3.63, 3.8) is 0 Å². The number of fused-ring (bicyclic) bond motifs is 1. The molecular formula is C13H24N4O3S. The van der Waals surface area contributed by atoms with E-state index in [0.29, 0.717) is 12.1 Å². The molecule has 1 aromatic rings. The Balaban J connectivity index is 1.90. The number of hydrogen-bond acceptors (Lipinski definition) is 5. The third kappa shape index (κ3) is 4.26. The highest BCUT2D eigenvalue weighted by Crippen LogP contribution is 2.14. The van der Waals surface area contributed by atoms with Crippen LogP contribution in [0.1, 0.15) is 24.2 Å². The summed E-state index contributed by atoms with van der Waals surface area (Å²) in [6, 6.07) is 1.93. The van der Waals surface area contributed by atoms with Crippen LogP contribution in [0, 0.1) is 0 Å². The van der Waals surface area contributed by atoms with Crippen LogP contribution in [-0.4, -0.2) is 65.4 Å². The lowest BCUT2D eigenvalue weighted by Crippen LogP contribution is -2.29. The summed E-state index contributed by atoms with van der Waals surface area (Å²) in [4.78, 5) is 2.26. The van der Waals surface area contributed by atoms with Gasteiger partial charge in [0.15, 0.2) is 0 Å². The molecule has 2 heterocycles. The zero-order valence-electron chi connectivity index (χ0n) is 12.7. The van der Waals surface area contributed by atoms with Crippen LogP contribution in [0.5, 0.6) is 0 Å². The fourth-order valence-electron chi connectivity index (χ4n) is 2.51. The summed E-state index contributed by atoms with van der Waals surface area (Å²) in [7, 11) is 0.0190. The number of nitrogens with zero attached hydrogens (tertiary/aromatic N) is 4. The minimum absolute atomic E-state index is 0.0406. The van der Waals surface area contributed by atoms with E-state index < -0.39 is 10.0 Å². The van der Waals surface area contributed by atoms with Crippen LogP contribution in [-0.2, 0) is 29.7 Å². The molecule has 7 nitrogen and oxygen atoms in total. The van der Waals surface area contributed by atoms with Crippen molar-refractivity contribution < 1.29 is 13.5 Å². The van der Waals surface area contributed by atoms with E-state index in [2.05, 4.69) is 10.00 Å². The Labute approximate surface area is 126 Å². The van der Waals surface area contributed by atoms with Crippen molar-refractivity contribution >= 4 is 10.0 Å². The smallest absolute Gasteiger partial charge is 0.213 e. The summed E-state index contributed by atoms with van der Waals surface area (Å²) in [6.45, 7) is 3.27. The monoisotopic (exact) mass is 316 g/mol. The second-order valence-corrected chi connectivity index (χ2v) is 7.89. The van der Waals surface area contributed by atoms with Gasteiger partial charge in [-0.2, -0.15) is 5.10 Å². The largest absolute Gasteiger partial charge is 0.390 e. The number of sulfonamides is 1. The van der Waals surface area contributed by atoms with E-state index in [1.807, 2.05) is 10.7 Å². The standard InChI is InChI=1S/C13H24N4O3S/c1-15(2)21(19,20)8-4-6-16-5-3-7-17-13(10-16)9-12(11-18)14-17/h9,18H,3-8,10-11H2,1-2H3. The lowest BCUT2D eigenvalue weighted by Gasteiger charge is -2.20. The van der Waals surface area contributed by atoms with Crippen LogP contribution in [0.4, 0.5) is 0 Å². The van der Waals surface area contributed by atoms with Crippen LogP contribution in [0.15, 0.2) is 6.07 Å². The highest BCUT2D eigenvalue weighted by atomic mass is 32.2. The van der Waals surface area contributed by atoms with Gasteiger partial charge in [-0.3, -0.25) is 9.58 Å². The highest BCUT2D eigenvalue weighted by molar-refractivity contribution is 7.89. The topological polar surface area (TPSA) is 78.7 Å². The maximum Gasteiger partial charge on any atom is 0.213 e. The summed E-state index contributed by atoms with van der Waals surface area (Å²) in [5, 5.41) is 13.5. The Morgan fingerprint density at radius 1 is 1.38 bits per heavy atom. The third-order valence-electron chi connectivity index (χ3n) is 3.74. The third-order valence-corrected chi connectivity index (χ3v) is 5.66. The fraction of sp³-hybridized carbons (Fsp3) is 0.769. The first-order valence-corrected chi connectivity index (χ1v) is 8.82. The van der Waals surface area contributed by atoms with Crippen molar-refractivity contribution in [3.8, 4) is 0 Å². The lowest BCUT2D eigenvalue weighted by atomic mass is 10.3. The summed E-state index contributed by atoms with van der Waals surface area (Å²) >= 11 is 0. The van der Waals surface area contributed by atoms with Crippen molar-refractivity contribution in [1.82, 2.24) is 19.0 Å². The highest BCUT2D eigenvalue weighted by Gasteiger charge is 2.18. The first kappa shape index (κ1) is 16.4. The average molecular weight is 316 g/mol. The summed E-state index contributed by atoms with van der Waals surface area (Å²) in [6.07, 6.45) is 1.61. The molecule has 0 aromatic carbocycles. The average Bonchev–Trinajstić information content (AvgIpc) is 2.71. The minimum Gasteiger partial charge on any atom is -0.390 e. The molecule has 0 atom stereocenters. The van der Waals surface area contributed by atoms with Gasteiger partial charge >= 0.3 is 0 Å². The van der Waals surface area contributed by atoms with E-state index in [9.17, 15) is 8.42 Å². The van der Waals surface area contributed by atoms with Crippen molar-refractivity contribution in [2.24, 2.45) is 0 Å². The predicted molar refractivity (Wildman–Crippen MR) is 80.1 cm³/mol. The van der Waals surface area contributed by atoms with Crippen molar-refractivity contribution in [2.75, 3.05) is 32.9 Å². The molecule has 1 aliphatic rings. The van der Waals surface area contributed by atoms with Gasteiger partial charge in [0.2, 0.25) is 10.0 Å². The van der Waals surface area contributed by atoms with Gasteiger partial charge in [0, 0.05) is 33.7 Å². The molecule has 0 unspecified atom stereocenters. The van der Waals surface area contributed by atoms with E-state index in [0.717, 1.165) is 38.3 Å². The number of rotatable bonds is 6. The SMILES string of the molecule is CN(C)S(=O)(=O)CCCN1CCCn2nc(CO)cc2C1. The zero-order valence-corrected chi connectivity index (χ0v) is 13.5. The van der Waals surface area contributed by atoms with Gasteiger partial charge in [0.05, 0.1) is 23.7 Å². The maximum absolute atomic E-state index is 11.7. The molecule has 120 valence electrons. The van der Waals surface area contributed by atoms with E-state index in [-0.39, 0.29) is 12.4 Å². The Morgan fingerprint density at radius 2 is 2.14 bits per heavy atom. The Hall–Kier alpha value is -0.960. The van der Waals surface area contributed by atoms with E-state index in [1.54, 1.807) is 14.1 Å². The van der Waals surface area contributed by atoms with Gasteiger partial charge in [-0.05, 0) is 25.5 Å². The first-order chi connectivity index (χ1) is 9.92. The van der Waals surface area contributed by atoms with Crippen LogP contribution >= 0.6 is 0 Å². The summed E-state index contributed by atoms with van der Waals surface area (Å²) in [5.74, 6) is 0.178. The van der Waals surface area contributed by atoms with Crippen molar-refractivity contribution in [2.45, 2.75) is 32.5 Å². The van der Waals surface area contributed by atoms with Crippen LogP contribution in [0.25, 0.3) is 0 Å². The predicted octanol–water partition coefficient (Wildman–Crippen LogP) is -0.137. The molecule has 21 heavy (non-hydrogen) atoms. The van der Waals surface area contributed by atoms with Gasteiger partial charge in [0.25, 0.3) is 0 Å². The molecule has 2 rings (SSSR count). The molecule has 0 fully saturated rings. The van der Waals surface area contributed by atoms with Gasteiger partial charge in [-0.15, -0.1) is 0 Å². The second kappa shape index (κ2) is 6.87. The molecule has 0 radical (unpaired) electrons. The molecule has 1 aromatic heterocycles. The minimum atomic E-state index is -3.11. The number of aromatic nitrogens is 2. The zero-order chi connectivity index (χ0) is 15.5. The molecular weight excluding hydrogens is 292 g/mol. The summed E-state index contributed by atoms with van der Waals surface area (Å²) in [5.41, 5.74) is 1.79. The molecule has 0 saturated carbocycles. The van der Waals surface area contributed by atoms with E-state index in [4.69, 9.17) is 5.11 Å². The molecule has 1 aliphatic heterocycles. The second-order valence-electron chi connectivity index (χ2n) is 5.59. The van der Waals surface area contributed by atoms with Gasteiger partial charge < -0.3 is 5.11 Å². The molecule has 8 heteroatoms. The molecule has 0 aliphatic carbocycles. The number of aliphatic hydroxyl groups excluding tert-OH is 1. The molecule has 1 N–H and O–H groups in total. The van der Waals surface area contributed by atoms with Gasteiger partial charge in [-0.25, -0.2) is 12.7 Å². The van der Waals surface area contributed by atoms with Crippen molar-refractivity contribution in [1.29, 1.82) is 0 Å². The van der Waals surface area contributed by atoms with Crippen LogP contribution in [0.3, 0.4) is 0 Å². The molecule has 0 saturated heterocycles. The number of hydrogen-bond donors (Lipinski definition) is 1.